The van der Waals surface area contributed by atoms with E-state index in [0.29, 0.717) is 6.54 Å². The van der Waals surface area contributed by atoms with Crippen molar-refractivity contribution in [3.8, 4) is 5.75 Å². The molecule has 0 radical (unpaired) electrons. The number of phenols is 1. The van der Waals surface area contributed by atoms with Crippen LogP contribution in [-0.4, -0.2) is 30.1 Å². The van der Waals surface area contributed by atoms with Gasteiger partial charge in [0.2, 0.25) is 0 Å². The number of ether oxygens (including phenoxy) is 1. The Labute approximate surface area is 134 Å². The molecule has 1 N–H and O–H groups in total. The van der Waals surface area contributed by atoms with Gasteiger partial charge in [-0.3, -0.25) is 4.79 Å². The van der Waals surface area contributed by atoms with E-state index in [2.05, 4.69) is 0 Å². The van der Waals surface area contributed by atoms with Crippen molar-refractivity contribution in [1.82, 2.24) is 0 Å². The minimum absolute atomic E-state index is 0.0604. The highest BCUT2D eigenvalue weighted by atomic mass is 16.5. The molecule has 0 bridgehead atoms. The average Bonchev–Trinajstić information content (AvgIpc) is 2.96. The van der Waals surface area contributed by atoms with Crippen LogP contribution in [0, 0.1) is 6.92 Å². The van der Waals surface area contributed by atoms with Gasteiger partial charge in [0.1, 0.15) is 11.3 Å². The molecule has 1 heterocycles. The standard InChI is InChI=1S/C18H17NO4/c1-12-6-7-14(16(20)10-12)18(22)23-11-17(21)19-9-8-13-4-2-3-5-15(13)19/h2-7,10,20H,8-9,11H2,1H3. The molecule has 1 aliphatic heterocycles. The molecule has 2 aromatic carbocycles. The summed E-state index contributed by atoms with van der Waals surface area (Å²) in [7, 11) is 0. The molecule has 23 heavy (non-hydrogen) atoms. The van der Waals surface area contributed by atoms with E-state index < -0.39 is 5.97 Å². The van der Waals surface area contributed by atoms with Gasteiger partial charge in [0, 0.05) is 12.2 Å². The van der Waals surface area contributed by atoms with Gasteiger partial charge < -0.3 is 14.7 Å². The highest BCUT2D eigenvalue weighted by Crippen LogP contribution is 2.27. The number of phenolic OH excluding ortho intramolecular Hbond substituents is 1. The van der Waals surface area contributed by atoms with E-state index in [0.717, 1.165) is 23.2 Å². The molecular weight excluding hydrogens is 294 g/mol. The Bertz CT molecular complexity index is 769. The van der Waals surface area contributed by atoms with Crippen molar-refractivity contribution < 1.29 is 19.4 Å². The SMILES string of the molecule is Cc1ccc(C(=O)OCC(=O)N2CCc3ccccc32)c(O)c1. The number of anilines is 1. The Morgan fingerprint density at radius 2 is 2.00 bits per heavy atom. The molecule has 0 saturated heterocycles. The number of hydrogen-bond acceptors (Lipinski definition) is 4. The molecule has 0 aromatic heterocycles. The normalized spacial score (nSPS) is 12.8. The molecule has 0 saturated carbocycles. The molecule has 0 spiro atoms. The van der Waals surface area contributed by atoms with Gasteiger partial charge in [-0.1, -0.05) is 24.3 Å². The van der Waals surface area contributed by atoms with Crippen molar-refractivity contribution in [3.05, 3.63) is 59.2 Å². The Hall–Kier alpha value is -2.82. The molecule has 0 atom stereocenters. The monoisotopic (exact) mass is 311 g/mol. The first-order valence-electron chi connectivity index (χ1n) is 7.41. The first kappa shape index (κ1) is 15.1. The fourth-order valence-electron chi connectivity index (χ4n) is 2.69. The van der Waals surface area contributed by atoms with Crippen molar-refractivity contribution >= 4 is 17.6 Å². The lowest BCUT2D eigenvalue weighted by Crippen LogP contribution is -2.33. The molecule has 3 rings (SSSR count). The molecule has 0 fully saturated rings. The van der Waals surface area contributed by atoms with Crippen LogP contribution in [-0.2, 0) is 16.0 Å². The summed E-state index contributed by atoms with van der Waals surface area (Å²) >= 11 is 0. The summed E-state index contributed by atoms with van der Waals surface area (Å²) in [4.78, 5) is 25.9. The maximum atomic E-state index is 12.3. The van der Waals surface area contributed by atoms with E-state index in [1.165, 1.54) is 12.1 Å². The minimum atomic E-state index is -0.705. The maximum absolute atomic E-state index is 12.3. The number of carbonyl (C=O) groups is 2. The van der Waals surface area contributed by atoms with Crippen LogP contribution in [0.3, 0.4) is 0 Å². The lowest BCUT2D eigenvalue weighted by Gasteiger charge is -2.17. The molecule has 5 nitrogen and oxygen atoms in total. The van der Waals surface area contributed by atoms with Crippen molar-refractivity contribution in [3.63, 3.8) is 0 Å². The van der Waals surface area contributed by atoms with Crippen LogP contribution in [0.2, 0.25) is 0 Å². The van der Waals surface area contributed by atoms with Crippen molar-refractivity contribution in [2.75, 3.05) is 18.1 Å². The summed E-state index contributed by atoms with van der Waals surface area (Å²) in [5, 5.41) is 9.77. The summed E-state index contributed by atoms with van der Waals surface area (Å²) in [6, 6.07) is 12.4. The van der Waals surface area contributed by atoms with Crippen molar-refractivity contribution in [2.45, 2.75) is 13.3 Å². The molecule has 2 aromatic rings. The Balaban J connectivity index is 1.65. The van der Waals surface area contributed by atoms with Crippen LogP contribution in [0.1, 0.15) is 21.5 Å². The topological polar surface area (TPSA) is 66.8 Å². The predicted octanol–water partition coefficient (Wildman–Crippen LogP) is 2.45. The van der Waals surface area contributed by atoms with Gasteiger partial charge in [0.15, 0.2) is 6.61 Å². The lowest BCUT2D eigenvalue weighted by molar-refractivity contribution is -0.121. The lowest BCUT2D eigenvalue weighted by atomic mass is 10.1. The van der Waals surface area contributed by atoms with Gasteiger partial charge in [0.05, 0.1) is 0 Å². The van der Waals surface area contributed by atoms with E-state index in [1.807, 2.05) is 31.2 Å². The van der Waals surface area contributed by atoms with Gasteiger partial charge in [-0.05, 0) is 42.7 Å². The summed E-state index contributed by atoms with van der Waals surface area (Å²) < 4.78 is 5.05. The Kier molecular flexibility index (Phi) is 4.02. The van der Waals surface area contributed by atoms with Crippen LogP contribution in [0.5, 0.6) is 5.75 Å². The van der Waals surface area contributed by atoms with E-state index in [9.17, 15) is 14.7 Å². The number of esters is 1. The van der Waals surface area contributed by atoms with E-state index in [4.69, 9.17) is 4.74 Å². The van der Waals surface area contributed by atoms with Crippen molar-refractivity contribution in [1.29, 1.82) is 0 Å². The van der Waals surface area contributed by atoms with Gasteiger partial charge in [-0.15, -0.1) is 0 Å². The molecule has 1 aliphatic rings. The van der Waals surface area contributed by atoms with E-state index in [1.54, 1.807) is 11.0 Å². The van der Waals surface area contributed by atoms with Crippen LogP contribution in [0.15, 0.2) is 42.5 Å². The van der Waals surface area contributed by atoms with Gasteiger partial charge >= 0.3 is 5.97 Å². The molecule has 118 valence electrons. The number of carbonyl (C=O) groups excluding carboxylic acids is 2. The highest BCUT2D eigenvalue weighted by Gasteiger charge is 2.25. The van der Waals surface area contributed by atoms with Gasteiger partial charge in [-0.25, -0.2) is 4.79 Å². The third kappa shape index (κ3) is 3.04. The average molecular weight is 311 g/mol. The fourth-order valence-corrected chi connectivity index (χ4v) is 2.69. The minimum Gasteiger partial charge on any atom is -0.507 e. The van der Waals surface area contributed by atoms with Crippen LogP contribution >= 0.6 is 0 Å². The third-order valence-corrected chi connectivity index (χ3v) is 3.89. The summed E-state index contributed by atoms with van der Waals surface area (Å²) in [5.74, 6) is -1.12. The number of para-hydroxylation sites is 1. The van der Waals surface area contributed by atoms with Gasteiger partial charge in [0.25, 0.3) is 5.91 Å². The summed E-state index contributed by atoms with van der Waals surface area (Å²) in [5.41, 5.74) is 2.88. The number of aryl methyl sites for hydroxylation is 1. The second kappa shape index (κ2) is 6.12. The Morgan fingerprint density at radius 3 is 2.78 bits per heavy atom. The van der Waals surface area contributed by atoms with Crippen LogP contribution < -0.4 is 4.90 Å². The number of fused-ring (bicyclic) bond motifs is 1. The second-order valence-electron chi connectivity index (χ2n) is 5.52. The predicted molar refractivity (Wildman–Crippen MR) is 85.6 cm³/mol. The number of amides is 1. The number of rotatable bonds is 3. The number of benzene rings is 2. The highest BCUT2D eigenvalue weighted by molar-refractivity contribution is 5.99. The third-order valence-electron chi connectivity index (χ3n) is 3.89. The largest absolute Gasteiger partial charge is 0.507 e. The zero-order valence-corrected chi connectivity index (χ0v) is 12.8. The van der Waals surface area contributed by atoms with Crippen molar-refractivity contribution in [2.24, 2.45) is 0 Å². The van der Waals surface area contributed by atoms with E-state index in [-0.39, 0.29) is 23.8 Å². The summed E-state index contributed by atoms with van der Waals surface area (Å²) in [6.07, 6.45) is 0.800. The fraction of sp³-hybridized carbons (Fsp3) is 0.222. The zero-order valence-electron chi connectivity index (χ0n) is 12.8. The smallest absolute Gasteiger partial charge is 0.342 e. The molecular formula is C18H17NO4. The molecule has 5 heteroatoms. The number of hydrogen-bond donors (Lipinski definition) is 1. The molecule has 0 unspecified atom stereocenters. The number of nitrogens with zero attached hydrogens (tertiary/aromatic N) is 1. The molecule has 1 amide bonds. The summed E-state index contributed by atoms with van der Waals surface area (Å²) in [6.45, 7) is 2.05. The second-order valence-corrected chi connectivity index (χ2v) is 5.52. The first-order chi connectivity index (χ1) is 11.1. The first-order valence-corrected chi connectivity index (χ1v) is 7.41. The zero-order chi connectivity index (χ0) is 16.4. The Morgan fingerprint density at radius 1 is 1.22 bits per heavy atom. The van der Waals surface area contributed by atoms with Crippen LogP contribution in [0.25, 0.3) is 0 Å². The molecule has 0 aliphatic carbocycles. The quantitative estimate of drug-likeness (QED) is 0.884. The van der Waals surface area contributed by atoms with E-state index >= 15 is 0 Å². The van der Waals surface area contributed by atoms with Crippen LogP contribution in [0.4, 0.5) is 5.69 Å². The van der Waals surface area contributed by atoms with Gasteiger partial charge in [-0.2, -0.15) is 0 Å². The maximum Gasteiger partial charge on any atom is 0.342 e. The number of aromatic hydroxyl groups is 1.